The topological polar surface area (TPSA) is 167 Å². The highest BCUT2D eigenvalue weighted by atomic mass is 35.5. The molecular formula is C30H40ClN5O9. The van der Waals surface area contributed by atoms with Crippen LogP contribution >= 0.6 is 11.6 Å². The summed E-state index contributed by atoms with van der Waals surface area (Å²) in [4.78, 5) is 65.6. The second-order valence-corrected chi connectivity index (χ2v) is 11.8. The second kappa shape index (κ2) is 15.7. The van der Waals surface area contributed by atoms with Gasteiger partial charge in [-0.2, -0.15) is 5.10 Å². The summed E-state index contributed by atoms with van der Waals surface area (Å²) in [6.07, 6.45) is 0.259. The van der Waals surface area contributed by atoms with E-state index in [1.165, 1.54) is 11.8 Å². The third-order valence-electron chi connectivity index (χ3n) is 6.84. The Kier molecular flexibility index (Phi) is 12.3. The minimum absolute atomic E-state index is 0.00812. The molecule has 45 heavy (non-hydrogen) atoms. The van der Waals surface area contributed by atoms with Gasteiger partial charge in [-0.25, -0.2) is 14.3 Å². The lowest BCUT2D eigenvalue weighted by molar-refractivity contribution is -0.148. The molecular weight excluding hydrogens is 610 g/mol. The number of halogens is 1. The maximum absolute atomic E-state index is 13.9. The van der Waals surface area contributed by atoms with Gasteiger partial charge in [-0.1, -0.05) is 29.8 Å². The Balaban J connectivity index is 2.05. The maximum atomic E-state index is 13.9. The van der Waals surface area contributed by atoms with E-state index in [2.05, 4.69) is 15.4 Å². The molecule has 1 aliphatic rings. The molecule has 2 N–H and O–H groups in total. The number of methoxy groups -OCH3 is 3. The number of Topliss-reactive ketones (excluding diaryl/α,β-unsaturated/α-hetero) is 1. The fraction of sp³-hybridized carbons (Fsp3) is 0.533. The Bertz CT molecular complexity index is 1400. The molecule has 0 saturated carbocycles. The van der Waals surface area contributed by atoms with Crippen molar-refractivity contribution in [1.29, 1.82) is 0 Å². The number of nitrogens with one attached hydrogen (secondary N) is 2. The van der Waals surface area contributed by atoms with Crippen molar-refractivity contribution >= 4 is 47.1 Å². The van der Waals surface area contributed by atoms with Crippen LogP contribution in [0.15, 0.2) is 24.3 Å². The van der Waals surface area contributed by atoms with Crippen molar-refractivity contribution < 1.29 is 42.9 Å². The smallest absolute Gasteiger partial charge is 0.407 e. The molecule has 0 aliphatic carbocycles. The van der Waals surface area contributed by atoms with Crippen molar-refractivity contribution in [1.82, 2.24) is 20.4 Å². The first kappa shape index (κ1) is 35.3. The number of esters is 2. The summed E-state index contributed by atoms with van der Waals surface area (Å²) in [5.41, 5.74) is 0.480. The predicted octanol–water partition coefficient (Wildman–Crippen LogP) is 2.63. The van der Waals surface area contributed by atoms with Crippen LogP contribution in [0.4, 0.5) is 10.6 Å². The summed E-state index contributed by atoms with van der Waals surface area (Å²) >= 11 is 6.52. The van der Waals surface area contributed by atoms with E-state index in [0.717, 1.165) is 14.2 Å². The summed E-state index contributed by atoms with van der Waals surface area (Å²) in [6.45, 7) is 6.12. The van der Waals surface area contributed by atoms with Crippen LogP contribution in [-0.4, -0.2) is 91.6 Å². The van der Waals surface area contributed by atoms with Gasteiger partial charge >= 0.3 is 18.0 Å². The van der Waals surface area contributed by atoms with Gasteiger partial charge in [-0.15, -0.1) is 0 Å². The molecule has 2 amide bonds. The van der Waals surface area contributed by atoms with Crippen LogP contribution < -0.4 is 15.5 Å². The standard InChI is InChI=1S/C30H40ClN5O9/c1-30(2,3)45-29(41)32-19-11-9-13-35(16-19)26-20(14-18-10-7-8-12-21(18)31)25(36(34-26)17-42-4)27(39)33-24(28(40)44-6)22(37)15-23(38)43-5/h7-8,10,12,19,24H,9,11,13-17H2,1-6H3,(H,32,41)(H,33,39)/t19-,24?/m1/s1. The number of nitrogens with zero attached hydrogens (tertiary/aromatic N) is 3. The van der Waals surface area contributed by atoms with E-state index < -0.39 is 47.8 Å². The van der Waals surface area contributed by atoms with Gasteiger partial charge in [-0.05, 0) is 45.2 Å². The first-order chi connectivity index (χ1) is 21.3. The average Bonchev–Trinajstić information content (AvgIpc) is 3.33. The number of hydrogen-bond donors (Lipinski definition) is 2. The molecule has 1 aromatic carbocycles. The predicted molar refractivity (Wildman–Crippen MR) is 163 cm³/mol. The Morgan fingerprint density at radius 1 is 1.09 bits per heavy atom. The van der Waals surface area contributed by atoms with Crippen LogP contribution in [0.2, 0.25) is 5.02 Å². The minimum Gasteiger partial charge on any atom is -0.469 e. The zero-order chi connectivity index (χ0) is 33.3. The number of alkyl carbamates (subject to hydrolysis) is 1. The monoisotopic (exact) mass is 649 g/mol. The van der Waals surface area contributed by atoms with E-state index in [9.17, 15) is 24.0 Å². The highest BCUT2D eigenvalue weighted by Crippen LogP contribution is 2.31. The number of carbonyl (C=O) groups excluding carboxylic acids is 5. The molecule has 3 rings (SSSR count). The minimum atomic E-state index is -1.79. The largest absolute Gasteiger partial charge is 0.469 e. The molecule has 15 heteroatoms. The fourth-order valence-electron chi connectivity index (χ4n) is 4.87. The average molecular weight is 650 g/mol. The molecule has 1 saturated heterocycles. The number of rotatable bonds is 12. The van der Waals surface area contributed by atoms with Crippen molar-refractivity contribution in [3.8, 4) is 0 Å². The molecule has 1 fully saturated rings. The molecule has 1 aliphatic heterocycles. The molecule has 1 unspecified atom stereocenters. The maximum Gasteiger partial charge on any atom is 0.407 e. The van der Waals surface area contributed by atoms with Gasteiger partial charge < -0.3 is 34.5 Å². The third kappa shape index (κ3) is 9.66. The molecule has 2 heterocycles. The Morgan fingerprint density at radius 2 is 1.80 bits per heavy atom. The van der Waals surface area contributed by atoms with Gasteiger partial charge in [0.2, 0.25) is 0 Å². The number of carbonyl (C=O) groups is 5. The number of benzene rings is 1. The Labute approximate surface area is 266 Å². The van der Waals surface area contributed by atoms with Crippen LogP contribution in [0.5, 0.6) is 0 Å². The molecule has 0 spiro atoms. The summed E-state index contributed by atoms with van der Waals surface area (Å²) in [6, 6.07) is 5.05. The number of piperidine rings is 1. The van der Waals surface area contributed by atoms with Gasteiger partial charge in [0.05, 0.1) is 14.2 Å². The quantitative estimate of drug-likeness (QED) is 0.197. The molecule has 0 bridgehead atoms. The number of amides is 2. The Morgan fingerprint density at radius 3 is 2.42 bits per heavy atom. The zero-order valence-electron chi connectivity index (χ0n) is 26.3. The lowest BCUT2D eigenvalue weighted by Gasteiger charge is -2.34. The van der Waals surface area contributed by atoms with Gasteiger partial charge in [0, 0.05) is 43.2 Å². The van der Waals surface area contributed by atoms with Crippen LogP contribution in [-0.2, 0) is 46.5 Å². The second-order valence-electron chi connectivity index (χ2n) is 11.4. The lowest BCUT2D eigenvalue weighted by atomic mass is 10.0. The first-order valence-corrected chi connectivity index (χ1v) is 14.7. The first-order valence-electron chi connectivity index (χ1n) is 14.3. The number of hydrogen-bond acceptors (Lipinski definition) is 11. The molecule has 2 aromatic rings. The van der Waals surface area contributed by atoms with E-state index in [1.807, 2.05) is 11.0 Å². The van der Waals surface area contributed by atoms with E-state index in [1.54, 1.807) is 39.0 Å². The van der Waals surface area contributed by atoms with Gasteiger partial charge in [0.1, 0.15) is 24.4 Å². The number of aromatic nitrogens is 2. The molecule has 2 atom stereocenters. The molecule has 0 radical (unpaired) electrons. The Hall–Kier alpha value is -4.17. The lowest BCUT2D eigenvalue weighted by Crippen LogP contribution is -2.49. The molecule has 1 aromatic heterocycles. The fourth-order valence-corrected chi connectivity index (χ4v) is 5.07. The molecule has 246 valence electrons. The number of anilines is 1. The van der Waals surface area contributed by atoms with Crippen LogP contribution in [0.3, 0.4) is 0 Å². The highest BCUT2D eigenvalue weighted by molar-refractivity contribution is 6.31. The van der Waals surface area contributed by atoms with Gasteiger partial charge in [-0.3, -0.25) is 14.4 Å². The van der Waals surface area contributed by atoms with Crippen molar-refractivity contribution in [2.75, 3.05) is 39.3 Å². The van der Waals surface area contributed by atoms with Crippen molar-refractivity contribution in [2.45, 2.75) is 70.9 Å². The summed E-state index contributed by atoms with van der Waals surface area (Å²) < 4.78 is 21.4. The van der Waals surface area contributed by atoms with E-state index in [4.69, 9.17) is 30.9 Å². The summed E-state index contributed by atoms with van der Waals surface area (Å²) in [5, 5.41) is 10.5. The third-order valence-corrected chi connectivity index (χ3v) is 7.21. The zero-order valence-corrected chi connectivity index (χ0v) is 27.1. The number of ether oxygens (including phenoxy) is 4. The van der Waals surface area contributed by atoms with Crippen LogP contribution in [0.25, 0.3) is 0 Å². The van der Waals surface area contributed by atoms with Gasteiger partial charge in [0.25, 0.3) is 5.91 Å². The number of ketones is 1. The van der Waals surface area contributed by atoms with Crippen molar-refractivity contribution in [3.63, 3.8) is 0 Å². The normalized spacial score (nSPS) is 15.5. The molecule has 14 nitrogen and oxygen atoms in total. The van der Waals surface area contributed by atoms with Crippen LogP contribution in [0, 0.1) is 0 Å². The van der Waals surface area contributed by atoms with Crippen molar-refractivity contribution in [3.05, 3.63) is 46.1 Å². The van der Waals surface area contributed by atoms with Crippen molar-refractivity contribution in [2.24, 2.45) is 0 Å². The van der Waals surface area contributed by atoms with E-state index in [-0.39, 0.29) is 24.9 Å². The highest BCUT2D eigenvalue weighted by Gasteiger charge is 2.35. The summed E-state index contributed by atoms with van der Waals surface area (Å²) in [7, 11) is 3.58. The van der Waals surface area contributed by atoms with Crippen LogP contribution in [0.1, 0.15) is 61.6 Å². The van der Waals surface area contributed by atoms with Gasteiger partial charge in [0.15, 0.2) is 17.6 Å². The summed E-state index contributed by atoms with van der Waals surface area (Å²) in [5.74, 6) is -3.26. The SMILES string of the molecule is COCn1nc(N2CCC[C@@H](NC(=O)OC(C)(C)C)C2)c(Cc2ccccc2Cl)c1C(=O)NC(C(=O)CC(=O)OC)C(=O)OC. The van der Waals surface area contributed by atoms with E-state index in [0.29, 0.717) is 47.9 Å². The van der Waals surface area contributed by atoms with E-state index >= 15 is 0 Å².